The Morgan fingerprint density at radius 2 is 1.84 bits per heavy atom. The molecule has 8 nitrogen and oxygen atoms in total. The average Bonchev–Trinajstić information content (AvgIpc) is 3.04. The third-order valence-electron chi connectivity index (χ3n) is 5.15. The molecule has 2 heterocycles. The van der Waals surface area contributed by atoms with Crippen LogP contribution in [-0.4, -0.2) is 24.8 Å². The van der Waals surface area contributed by atoms with E-state index in [1.165, 1.54) is 41.2 Å². The van der Waals surface area contributed by atoms with Crippen molar-refractivity contribution in [3.05, 3.63) is 98.1 Å². The second kappa shape index (κ2) is 7.60. The zero-order valence-corrected chi connectivity index (χ0v) is 16.7. The molecule has 0 bridgehead atoms. The van der Waals surface area contributed by atoms with E-state index in [2.05, 4.69) is 4.98 Å². The minimum absolute atomic E-state index is 0.165. The van der Waals surface area contributed by atoms with E-state index in [1.54, 1.807) is 25.1 Å². The van der Waals surface area contributed by atoms with Crippen LogP contribution in [0.3, 0.4) is 0 Å². The predicted octanol–water partition coefficient (Wildman–Crippen LogP) is 3.73. The first kappa shape index (κ1) is 20.1. The molecule has 4 aromatic rings. The van der Waals surface area contributed by atoms with Gasteiger partial charge in [0.25, 0.3) is 11.2 Å². The maximum Gasteiger partial charge on any atom is 0.271 e. The largest absolute Gasteiger partial charge is 0.318 e. The molecule has 2 aromatic heterocycles. The highest BCUT2D eigenvalue weighted by atomic mass is 19.1. The van der Waals surface area contributed by atoms with Gasteiger partial charge in [0.15, 0.2) is 5.78 Å². The fourth-order valence-electron chi connectivity index (χ4n) is 3.65. The fraction of sp³-hybridized carbons (Fsp3) is 0.136. The van der Waals surface area contributed by atoms with Crippen LogP contribution >= 0.6 is 0 Å². The summed E-state index contributed by atoms with van der Waals surface area (Å²) in [6.07, 6.45) is 1.21. The zero-order valence-electron chi connectivity index (χ0n) is 16.7. The Kier molecular flexibility index (Phi) is 4.94. The summed E-state index contributed by atoms with van der Waals surface area (Å²) >= 11 is 0. The minimum atomic E-state index is -0.562. The standard InChI is InChI=1S/C22H17FN4O4/c1-13-9-19(14(2)26(13)16-5-3-15(23)4-6-16)21(28)11-25-12-24-20-10-17(27(30)31)7-8-18(20)22(25)29/h3-10,12H,11H2,1-2H3. The Morgan fingerprint density at radius 1 is 1.13 bits per heavy atom. The number of hydrogen-bond donors (Lipinski definition) is 0. The summed E-state index contributed by atoms with van der Waals surface area (Å²) in [5.74, 6) is -0.636. The van der Waals surface area contributed by atoms with Crippen molar-refractivity contribution in [2.45, 2.75) is 20.4 Å². The molecule has 0 spiro atoms. The van der Waals surface area contributed by atoms with Crippen molar-refractivity contribution in [2.24, 2.45) is 0 Å². The molecule has 0 saturated carbocycles. The number of aryl methyl sites for hydroxylation is 1. The Morgan fingerprint density at radius 3 is 2.52 bits per heavy atom. The molecule has 2 aromatic carbocycles. The first-order valence-electron chi connectivity index (χ1n) is 9.38. The minimum Gasteiger partial charge on any atom is -0.318 e. The van der Waals surface area contributed by atoms with Crippen LogP contribution in [0.4, 0.5) is 10.1 Å². The van der Waals surface area contributed by atoms with E-state index in [0.717, 1.165) is 11.4 Å². The van der Waals surface area contributed by atoms with Crippen molar-refractivity contribution < 1.29 is 14.1 Å². The molecule has 0 aliphatic heterocycles. The summed E-state index contributed by atoms with van der Waals surface area (Å²) in [5, 5.41) is 11.1. The molecule has 0 radical (unpaired) electrons. The van der Waals surface area contributed by atoms with Crippen LogP contribution in [0.5, 0.6) is 0 Å². The molecule has 0 N–H and O–H groups in total. The molecule has 0 amide bonds. The molecule has 31 heavy (non-hydrogen) atoms. The molecule has 9 heteroatoms. The van der Waals surface area contributed by atoms with E-state index in [-0.39, 0.29) is 34.7 Å². The molecule has 0 aliphatic rings. The summed E-state index contributed by atoms with van der Waals surface area (Å²) in [6, 6.07) is 11.5. The van der Waals surface area contributed by atoms with Crippen LogP contribution in [-0.2, 0) is 6.54 Å². The maximum atomic E-state index is 13.3. The zero-order chi connectivity index (χ0) is 22.3. The number of hydrogen-bond acceptors (Lipinski definition) is 5. The van der Waals surface area contributed by atoms with Gasteiger partial charge in [0.1, 0.15) is 5.82 Å². The summed E-state index contributed by atoms with van der Waals surface area (Å²) in [6.45, 7) is 3.39. The number of halogens is 1. The number of carbonyl (C=O) groups is 1. The smallest absolute Gasteiger partial charge is 0.271 e. The van der Waals surface area contributed by atoms with Crippen molar-refractivity contribution >= 4 is 22.4 Å². The van der Waals surface area contributed by atoms with Gasteiger partial charge in [0.05, 0.1) is 28.7 Å². The fourth-order valence-corrected chi connectivity index (χ4v) is 3.65. The number of nitro benzene ring substituents is 1. The van der Waals surface area contributed by atoms with Gasteiger partial charge in [-0.3, -0.25) is 24.3 Å². The molecular weight excluding hydrogens is 403 g/mol. The lowest BCUT2D eigenvalue weighted by molar-refractivity contribution is -0.384. The Bertz CT molecular complexity index is 1400. The molecule has 0 saturated heterocycles. The van der Waals surface area contributed by atoms with Crippen molar-refractivity contribution in [3.8, 4) is 5.69 Å². The average molecular weight is 420 g/mol. The summed E-state index contributed by atoms with van der Waals surface area (Å²) in [5.41, 5.74) is 2.20. The summed E-state index contributed by atoms with van der Waals surface area (Å²) in [4.78, 5) is 40.2. The van der Waals surface area contributed by atoms with Gasteiger partial charge in [-0.15, -0.1) is 0 Å². The molecule has 0 fully saturated rings. The maximum absolute atomic E-state index is 13.3. The first-order chi connectivity index (χ1) is 14.8. The lowest BCUT2D eigenvalue weighted by atomic mass is 10.1. The molecule has 0 atom stereocenters. The van der Waals surface area contributed by atoms with Crippen LogP contribution in [0, 0.1) is 29.8 Å². The highest BCUT2D eigenvalue weighted by Crippen LogP contribution is 2.22. The Hall–Kier alpha value is -4.14. The number of fused-ring (bicyclic) bond motifs is 1. The lowest BCUT2D eigenvalue weighted by Gasteiger charge is -2.10. The molecule has 156 valence electrons. The lowest BCUT2D eigenvalue weighted by Crippen LogP contribution is -2.25. The number of nitrogens with zero attached hydrogens (tertiary/aromatic N) is 4. The predicted molar refractivity (Wildman–Crippen MR) is 112 cm³/mol. The van der Waals surface area contributed by atoms with Crippen LogP contribution in [0.25, 0.3) is 16.6 Å². The highest BCUT2D eigenvalue weighted by Gasteiger charge is 2.18. The number of benzene rings is 2. The number of ketones is 1. The van der Waals surface area contributed by atoms with Crippen LogP contribution in [0.1, 0.15) is 21.7 Å². The van der Waals surface area contributed by atoms with E-state index in [9.17, 15) is 24.1 Å². The number of non-ortho nitro benzene ring substituents is 1. The van der Waals surface area contributed by atoms with E-state index in [4.69, 9.17) is 0 Å². The van der Waals surface area contributed by atoms with E-state index >= 15 is 0 Å². The number of nitro groups is 1. The van der Waals surface area contributed by atoms with Gasteiger partial charge in [0, 0.05) is 34.8 Å². The van der Waals surface area contributed by atoms with Crippen LogP contribution in [0.15, 0.2) is 59.7 Å². The first-order valence-corrected chi connectivity index (χ1v) is 9.38. The topological polar surface area (TPSA) is 100 Å². The van der Waals surface area contributed by atoms with Gasteiger partial charge in [-0.1, -0.05) is 0 Å². The molecular formula is C22H17FN4O4. The summed E-state index contributed by atoms with van der Waals surface area (Å²) < 4.78 is 16.3. The molecule has 0 unspecified atom stereocenters. The number of carbonyl (C=O) groups excluding carboxylic acids is 1. The van der Waals surface area contributed by atoms with Gasteiger partial charge in [-0.2, -0.15) is 0 Å². The summed E-state index contributed by atoms with van der Waals surface area (Å²) in [7, 11) is 0. The van der Waals surface area contributed by atoms with Crippen molar-refractivity contribution in [3.63, 3.8) is 0 Å². The van der Waals surface area contributed by atoms with Gasteiger partial charge in [-0.05, 0) is 50.2 Å². The van der Waals surface area contributed by atoms with Crippen molar-refractivity contribution in [1.82, 2.24) is 14.1 Å². The third kappa shape index (κ3) is 3.61. The highest BCUT2D eigenvalue weighted by molar-refractivity contribution is 5.97. The van der Waals surface area contributed by atoms with Gasteiger partial charge >= 0.3 is 0 Å². The van der Waals surface area contributed by atoms with E-state index < -0.39 is 10.5 Å². The van der Waals surface area contributed by atoms with Gasteiger partial charge < -0.3 is 4.57 Å². The number of rotatable bonds is 5. The quantitative estimate of drug-likeness (QED) is 0.278. The molecule has 0 aliphatic carbocycles. The normalized spacial score (nSPS) is 11.1. The van der Waals surface area contributed by atoms with Gasteiger partial charge in [-0.25, -0.2) is 9.37 Å². The number of Topliss-reactive ketones (excluding diaryl/α,β-unsaturated/α-hetero) is 1. The number of aromatic nitrogens is 3. The van der Waals surface area contributed by atoms with E-state index in [0.29, 0.717) is 11.3 Å². The molecule has 4 rings (SSSR count). The van der Waals surface area contributed by atoms with Crippen molar-refractivity contribution in [2.75, 3.05) is 0 Å². The van der Waals surface area contributed by atoms with E-state index in [1.807, 2.05) is 11.5 Å². The van der Waals surface area contributed by atoms with Crippen LogP contribution in [0.2, 0.25) is 0 Å². The Labute approximate surface area is 175 Å². The second-order valence-corrected chi connectivity index (χ2v) is 7.16. The SMILES string of the molecule is Cc1cc(C(=O)Cn2cnc3cc([N+](=O)[O-])ccc3c2=O)c(C)n1-c1ccc(F)cc1. The monoisotopic (exact) mass is 420 g/mol. The van der Waals surface area contributed by atoms with Gasteiger partial charge in [0.2, 0.25) is 0 Å². The Balaban J connectivity index is 1.68. The van der Waals surface area contributed by atoms with Crippen molar-refractivity contribution in [1.29, 1.82) is 0 Å². The van der Waals surface area contributed by atoms with Crippen LogP contribution < -0.4 is 5.56 Å². The third-order valence-corrected chi connectivity index (χ3v) is 5.15. The second-order valence-electron chi connectivity index (χ2n) is 7.16.